The van der Waals surface area contributed by atoms with Gasteiger partial charge in [-0.3, -0.25) is 0 Å². The van der Waals surface area contributed by atoms with Crippen molar-refractivity contribution in [1.82, 2.24) is 9.97 Å². The first-order chi connectivity index (χ1) is 10.2. The van der Waals surface area contributed by atoms with Gasteiger partial charge in [0.25, 0.3) is 0 Å². The van der Waals surface area contributed by atoms with Crippen molar-refractivity contribution >= 4 is 33.1 Å². The SMILES string of the molecule is CCOc1ccc(Nc2ncnc3sc(C)c(C)c23)cc1. The number of nitrogens with one attached hydrogen (secondary N) is 1. The molecule has 0 unspecified atom stereocenters. The maximum atomic E-state index is 5.45. The van der Waals surface area contributed by atoms with E-state index in [2.05, 4.69) is 29.1 Å². The van der Waals surface area contributed by atoms with E-state index in [0.717, 1.165) is 27.5 Å². The molecule has 0 atom stereocenters. The van der Waals surface area contributed by atoms with Crippen LogP contribution in [-0.4, -0.2) is 16.6 Å². The van der Waals surface area contributed by atoms with Crippen molar-refractivity contribution in [3.8, 4) is 5.75 Å². The molecule has 0 aliphatic heterocycles. The second-order valence-corrected chi connectivity index (χ2v) is 5.97. The fraction of sp³-hybridized carbons (Fsp3) is 0.250. The summed E-state index contributed by atoms with van der Waals surface area (Å²) >= 11 is 1.70. The molecule has 0 bridgehead atoms. The van der Waals surface area contributed by atoms with Crippen molar-refractivity contribution in [2.75, 3.05) is 11.9 Å². The Labute approximate surface area is 127 Å². The molecule has 0 saturated carbocycles. The smallest absolute Gasteiger partial charge is 0.142 e. The van der Waals surface area contributed by atoms with Gasteiger partial charge in [0, 0.05) is 10.6 Å². The van der Waals surface area contributed by atoms with E-state index in [4.69, 9.17) is 4.74 Å². The van der Waals surface area contributed by atoms with Crippen LogP contribution < -0.4 is 10.1 Å². The van der Waals surface area contributed by atoms with E-state index in [9.17, 15) is 0 Å². The van der Waals surface area contributed by atoms with Crippen molar-refractivity contribution in [3.05, 3.63) is 41.0 Å². The molecule has 3 rings (SSSR count). The number of benzene rings is 1. The first-order valence-electron chi connectivity index (χ1n) is 6.89. The molecule has 0 aliphatic carbocycles. The minimum atomic E-state index is 0.673. The van der Waals surface area contributed by atoms with Crippen LogP contribution >= 0.6 is 11.3 Å². The third kappa shape index (κ3) is 2.69. The van der Waals surface area contributed by atoms with E-state index in [1.165, 1.54) is 10.4 Å². The highest BCUT2D eigenvalue weighted by atomic mass is 32.1. The number of nitrogens with zero attached hydrogens (tertiary/aromatic N) is 2. The van der Waals surface area contributed by atoms with Gasteiger partial charge in [-0.2, -0.15) is 0 Å². The monoisotopic (exact) mass is 299 g/mol. The summed E-state index contributed by atoms with van der Waals surface area (Å²) in [5.41, 5.74) is 2.23. The van der Waals surface area contributed by atoms with Gasteiger partial charge < -0.3 is 10.1 Å². The van der Waals surface area contributed by atoms with Crippen molar-refractivity contribution in [2.24, 2.45) is 0 Å². The number of thiophene rings is 1. The van der Waals surface area contributed by atoms with E-state index in [-0.39, 0.29) is 0 Å². The first-order valence-corrected chi connectivity index (χ1v) is 7.71. The quantitative estimate of drug-likeness (QED) is 0.773. The molecule has 0 aliphatic rings. The summed E-state index contributed by atoms with van der Waals surface area (Å²) in [6.07, 6.45) is 1.61. The highest BCUT2D eigenvalue weighted by Gasteiger charge is 2.11. The zero-order valence-corrected chi connectivity index (χ0v) is 13.1. The standard InChI is InChI=1S/C16H17N3OS/c1-4-20-13-7-5-12(6-8-13)19-15-14-10(2)11(3)21-16(14)18-9-17-15/h5-9H,4H2,1-3H3,(H,17,18,19). The summed E-state index contributed by atoms with van der Waals surface area (Å²) in [5, 5.41) is 4.48. The van der Waals surface area contributed by atoms with E-state index in [1.807, 2.05) is 31.2 Å². The van der Waals surface area contributed by atoms with Crippen LogP contribution in [0.1, 0.15) is 17.4 Å². The maximum absolute atomic E-state index is 5.45. The highest BCUT2D eigenvalue weighted by molar-refractivity contribution is 7.18. The lowest BCUT2D eigenvalue weighted by Crippen LogP contribution is -1.96. The fourth-order valence-corrected chi connectivity index (χ4v) is 3.21. The second kappa shape index (κ2) is 5.69. The van der Waals surface area contributed by atoms with Crippen LogP contribution in [0.4, 0.5) is 11.5 Å². The molecule has 0 saturated heterocycles. The number of aryl methyl sites for hydroxylation is 2. The lowest BCUT2D eigenvalue weighted by atomic mass is 10.2. The van der Waals surface area contributed by atoms with E-state index in [0.29, 0.717) is 6.61 Å². The zero-order valence-electron chi connectivity index (χ0n) is 12.3. The molecular formula is C16H17N3OS. The third-order valence-electron chi connectivity index (χ3n) is 3.39. The molecule has 108 valence electrons. The van der Waals surface area contributed by atoms with Crippen molar-refractivity contribution in [1.29, 1.82) is 0 Å². The van der Waals surface area contributed by atoms with Gasteiger partial charge in [0.15, 0.2) is 0 Å². The number of aromatic nitrogens is 2. The Morgan fingerprint density at radius 3 is 2.62 bits per heavy atom. The van der Waals surface area contributed by atoms with Gasteiger partial charge in [0.1, 0.15) is 22.7 Å². The van der Waals surface area contributed by atoms with Crippen LogP contribution in [0.15, 0.2) is 30.6 Å². The Morgan fingerprint density at radius 1 is 1.14 bits per heavy atom. The van der Waals surface area contributed by atoms with Crippen LogP contribution in [0.25, 0.3) is 10.2 Å². The van der Waals surface area contributed by atoms with Gasteiger partial charge in [-0.05, 0) is 50.6 Å². The number of fused-ring (bicyclic) bond motifs is 1. The van der Waals surface area contributed by atoms with Crippen molar-refractivity contribution in [3.63, 3.8) is 0 Å². The summed E-state index contributed by atoms with van der Waals surface area (Å²) in [5.74, 6) is 1.73. The lowest BCUT2D eigenvalue weighted by Gasteiger charge is -2.08. The van der Waals surface area contributed by atoms with Crippen molar-refractivity contribution in [2.45, 2.75) is 20.8 Å². The van der Waals surface area contributed by atoms with E-state index < -0.39 is 0 Å². The molecule has 3 aromatic rings. The Kier molecular flexibility index (Phi) is 3.75. The molecule has 0 spiro atoms. The first kappa shape index (κ1) is 13.8. The van der Waals surface area contributed by atoms with Crippen LogP contribution in [-0.2, 0) is 0 Å². The van der Waals surface area contributed by atoms with E-state index in [1.54, 1.807) is 17.7 Å². The molecule has 0 radical (unpaired) electrons. The van der Waals surface area contributed by atoms with E-state index >= 15 is 0 Å². The second-order valence-electron chi connectivity index (χ2n) is 4.77. The predicted molar refractivity (Wildman–Crippen MR) is 87.8 cm³/mol. The number of ether oxygens (including phenoxy) is 1. The average molecular weight is 299 g/mol. The Bertz CT molecular complexity index is 765. The Morgan fingerprint density at radius 2 is 1.90 bits per heavy atom. The molecule has 21 heavy (non-hydrogen) atoms. The average Bonchev–Trinajstić information content (AvgIpc) is 2.78. The van der Waals surface area contributed by atoms with Crippen molar-refractivity contribution < 1.29 is 4.74 Å². The molecular weight excluding hydrogens is 282 g/mol. The number of rotatable bonds is 4. The van der Waals surface area contributed by atoms with Gasteiger partial charge in [-0.25, -0.2) is 9.97 Å². The molecule has 2 heterocycles. The predicted octanol–water partition coefficient (Wildman–Crippen LogP) is 4.45. The summed E-state index contributed by atoms with van der Waals surface area (Å²) in [6.45, 7) is 6.88. The lowest BCUT2D eigenvalue weighted by molar-refractivity contribution is 0.340. The molecule has 1 aromatic carbocycles. The van der Waals surface area contributed by atoms with Gasteiger partial charge in [0.2, 0.25) is 0 Å². The van der Waals surface area contributed by atoms with Gasteiger partial charge in [0.05, 0.1) is 12.0 Å². The molecule has 2 aromatic heterocycles. The maximum Gasteiger partial charge on any atom is 0.142 e. The fourth-order valence-electron chi connectivity index (χ4n) is 2.22. The molecule has 5 heteroatoms. The third-order valence-corrected chi connectivity index (χ3v) is 4.51. The summed E-state index contributed by atoms with van der Waals surface area (Å²) in [4.78, 5) is 11.0. The zero-order chi connectivity index (χ0) is 14.8. The Balaban J connectivity index is 1.94. The molecule has 0 amide bonds. The largest absolute Gasteiger partial charge is 0.494 e. The molecule has 1 N–H and O–H groups in total. The van der Waals surface area contributed by atoms with Crippen LogP contribution in [0.2, 0.25) is 0 Å². The Hall–Kier alpha value is -2.14. The summed E-state index contributed by atoms with van der Waals surface area (Å²) in [6, 6.07) is 7.90. The number of anilines is 2. The minimum absolute atomic E-state index is 0.673. The van der Waals surface area contributed by atoms with Gasteiger partial charge in [-0.15, -0.1) is 11.3 Å². The van der Waals surface area contributed by atoms with Crippen LogP contribution in [0.5, 0.6) is 5.75 Å². The normalized spacial score (nSPS) is 10.8. The topological polar surface area (TPSA) is 47.0 Å². The minimum Gasteiger partial charge on any atom is -0.494 e. The summed E-state index contributed by atoms with van der Waals surface area (Å²) < 4.78 is 5.45. The highest BCUT2D eigenvalue weighted by Crippen LogP contribution is 2.33. The molecule has 0 fully saturated rings. The molecule has 4 nitrogen and oxygen atoms in total. The van der Waals surface area contributed by atoms with Crippen LogP contribution in [0.3, 0.4) is 0 Å². The van der Waals surface area contributed by atoms with Crippen LogP contribution in [0, 0.1) is 13.8 Å². The number of hydrogen-bond donors (Lipinski definition) is 1. The van der Waals surface area contributed by atoms with Gasteiger partial charge >= 0.3 is 0 Å². The number of hydrogen-bond acceptors (Lipinski definition) is 5. The summed E-state index contributed by atoms with van der Waals surface area (Å²) in [7, 11) is 0. The van der Waals surface area contributed by atoms with Gasteiger partial charge in [-0.1, -0.05) is 0 Å².